The molecule has 0 spiro atoms. The Hall–Kier alpha value is -1.01. The van der Waals surface area contributed by atoms with Gasteiger partial charge in [0.2, 0.25) is 0 Å². The van der Waals surface area contributed by atoms with Crippen molar-refractivity contribution in [1.82, 2.24) is 10.2 Å². The van der Waals surface area contributed by atoms with E-state index in [1.807, 2.05) is 7.05 Å². The van der Waals surface area contributed by atoms with Gasteiger partial charge in [-0.05, 0) is 51.4 Å². The first-order chi connectivity index (χ1) is 10.0. The Morgan fingerprint density at radius 3 is 2.67 bits per heavy atom. The molecule has 1 amide bonds. The zero-order chi connectivity index (χ0) is 15.4. The second-order valence-electron chi connectivity index (χ2n) is 5.28. The van der Waals surface area contributed by atoms with E-state index in [2.05, 4.69) is 21.2 Å². The van der Waals surface area contributed by atoms with Crippen LogP contribution >= 0.6 is 15.9 Å². The van der Waals surface area contributed by atoms with Crippen molar-refractivity contribution in [2.75, 3.05) is 20.1 Å². The zero-order valence-electron chi connectivity index (χ0n) is 12.0. The number of carbonyl (C=O) groups excluding carboxylic acids is 1. The molecule has 1 fully saturated rings. The summed E-state index contributed by atoms with van der Waals surface area (Å²) in [5.74, 6) is -2.17. The minimum Gasteiger partial charge on any atom is -0.335 e. The summed E-state index contributed by atoms with van der Waals surface area (Å²) in [5, 5.41) is 3.05. The lowest BCUT2D eigenvalue weighted by molar-refractivity contribution is 0.0592. The molecule has 1 atom stereocenters. The average molecular weight is 361 g/mol. The molecule has 1 saturated heterocycles. The van der Waals surface area contributed by atoms with Gasteiger partial charge in [0.25, 0.3) is 5.91 Å². The van der Waals surface area contributed by atoms with E-state index in [4.69, 9.17) is 0 Å². The molecule has 3 nitrogen and oxygen atoms in total. The third-order valence-corrected chi connectivity index (χ3v) is 4.29. The van der Waals surface area contributed by atoms with Crippen molar-refractivity contribution in [3.63, 3.8) is 0 Å². The fourth-order valence-electron chi connectivity index (χ4n) is 2.77. The second-order valence-corrected chi connectivity index (χ2v) is 6.20. The molecule has 1 heterocycles. The maximum Gasteiger partial charge on any atom is 0.260 e. The van der Waals surface area contributed by atoms with Gasteiger partial charge >= 0.3 is 0 Å². The lowest BCUT2D eigenvalue weighted by Crippen LogP contribution is -2.45. The number of hydrogen-bond donors (Lipinski definition) is 1. The van der Waals surface area contributed by atoms with Gasteiger partial charge in [0.05, 0.1) is 0 Å². The average Bonchev–Trinajstić information content (AvgIpc) is 2.44. The van der Waals surface area contributed by atoms with Crippen LogP contribution in [0.2, 0.25) is 0 Å². The summed E-state index contributed by atoms with van der Waals surface area (Å²) < 4.78 is 28.2. The Bertz CT molecular complexity index is 501. The molecule has 0 saturated carbocycles. The van der Waals surface area contributed by atoms with Gasteiger partial charge in [0, 0.05) is 17.1 Å². The van der Waals surface area contributed by atoms with Gasteiger partial charge in [0.1, 0.15) is 17.2 Å². The molecule has 1 aromatic carbocycles. The number of nitrogens with one attached hydrogen (secondary N) is 1. The Morgan fingerprint density at radius 1 is 1.38 bits per heavy atom. The monoisotopic (exact) mass is 360 g/mol. The Balaban J connectivity index is 2.24. The largest absolute Gasteiger partial charge is 0.335 e. The van der Waals surface area contributed by atoms with E-state index in [0.717, 1.165) is 44.4 Å². The van der Waals surface area contributed by atoms with Gasteiger partial charge in [-0.25, -0.2) is 8.78 Å². The molecule has 0 aromatic heterocycles. The van der Waals surface area contributed by atoms with Crippen LogP contribution in [-0.4, -0.2) is 37.0 Å². The maximum atomic E-state index is 14.0. The van der Waals surface area contributed by atoms with Crippen LogP contribution in [0.15, 0.2) is 16.6 Å². The van der Waals surface area contributed by atoms with E-state index in [1.165, 1.54) is 0 Å². The van der Waals surface area contributed by atoms with E-state index < -0.39 is 23.1 Å². The molecule has 1 N–H and O–H groups in total. The Labute approximate surface area is 131 Å². The third kappa shape index (κ3) is 3.80. The Morgan fingerprint density at radius 2 is 2.05 bits per heavy atom. The minimum absolute atomic E-state index is 0.0427. The van der Waals surface area contributed by atoms with E-state index in [-0.39, 0.29) is 6.04 Å². The minimum atomic E-state index is -0.815. The first kappa shape index (κ1) is 16.4. The highest BCUT2D eigenvalue weighted by Crippen LogP contribution is 2.25. The summed E-state index contributed by atoms with van der Waals surface area (Å²) in [4.78, 5) is 14.2. The highest BCUT2D eigenvalue weighted by atomic mass is 79.9. The van der Waals surface area contributed by atoms with Gasteiger partial charge in [0.15, 0.2) is 0 Å². The molecule has 1 aliphatic heterocycles. The summed E-state index contributed by atoms with van der Waals surface area (Å²) in [6.45, 7) is 1.34. The van der Waals surface area contributed by atoms with Crippen molar-refractivity contribution >= 4 is 21.8 Å². The van der Waals surface area contributed by atoms with Crippen LogP contribution in [-0.2, 0) is 0 Å². The number of amides is 1. The predicted octanol–water partition coefficient (Wildman–Crippen LogP) is 3.33. The third-order valence-electron chi connectivity index (χ3n) is 3.84. The maximum absolute atomic E-state index is 14.0. The lowest BCUT2D eigenvalue weighted by Gasteiger charge is -2.36. The zero-order valence-corrected chi connectivity index (χ0v) is 13.6. The number of carbonyl (C=O) groups is 1. The molecular weight excluding hydrogens is 342 g/mol. The van der Waals surface area contributed by atoms with Crippen LogP contribution in [0.25, 0.3) is 0 Å². The quantitative estimate of drug-likeness (QED) is 0.892. The molecule has 0 aliphatic carbocycles. The molecule has 1 aromatic rings. The smallest absolute Gasteiger partial charge is 0.260 e. The number of halogens is 3. The fraction of sp³-hybridized carbons (Fsp3) is 0.533. The van der Waals surface area contributed by atoms with Gasteiger partial charge in [-0.3, -0.25) is 4.79 Å². The topological polar surface area (TPSA) is 32.3 Å². The molecule has 1 unspecified atom stereocenters. The molecule has 0 bridgehead atoms. The predicted molar refractivity (Wildman–Crippen MR) is 81.3 cm³/mol. The van der Waals surface area contributed by atoms with E-state index in [9.17, 15) is 13.6 Å². The molecule has 2 rings (SSSR count). The van der Waals surface area contributed by atoms with Crippen LogP contribution in [0.3, 0.4) is 0 Å². The number of benzene rings is 1. The molecule has 1 aliphatic rings. The number of nitrogens with zero attached hydrogens (tertiary/aromatic N) is 1. The summed E-state index contributed by atoms with van der Waals surface area (Å²) in [6, 6.07) is 2.30. The van der Waals surface area contributed by atoms with Crippen molar-refractivity contribution in [3.8, 4) is 0 Å². The highest BCUT2D eigenvalue weighted by molar-refractivity contribution is 9.10. The van der Waals surface area contributed by atoms with Gasteiger partial charge in [-0.2, -0.15) is 0 Å². The summed E-state index contributed by atoms with van der Waals surface area (Å²) in [6.07, 6.45) is 3.60. The van der Waals surface area contributed by atoms with E-state index >= 15 is 0 Å². The first-order valence-electron chi connectivity index (χ1n) is 7.14. The van der Waals surface area contributed by atoms with Crippen molar-refractivity contribution in [2.45, 2.75) is 31.7 Å². The van der Waals surface area contributed by atoms with Crippen LogP contribution in [0.4, 0.5) is 8.78 Å². The Kier molecular flexibility index (Phi) is 5.70. The lowest BCUT2D eigenvalue weighted by atomic mass is 9.98. The van der Waals surface area contributed by atoms with Crippen LogP contribution < -0.4 is 5.32 Å². The number of rotatable bonds is 4. The van der Waals surface area contributed by atoms with Crippen LogP contribution in [0.5, 0.6) is 0 Å². The number of piperidine rings is 1. The van der Waals surface area contributed by atoms with Crippen molar-refractivity contribution in [2.24, 2.45) is 0 Å². The van der Waals surface area contributed by atoms with Gasteiger partial charge in [-0.1, -0.05) is 15.9 Å². The summed E-state index contributed by atoms with van der Waals surface area (Å²) >= 11 is 3.03. The SMILES string of the molecule is CNCCC1CCCCN1C(=O)c1c(F)cc(Br)cc1F. The second kappa shape index (κ2) is 7.31. The molecule has 6 heteroatoms. The standard InChI is InChI=1S/C15H19BrF2N2O/c1-19-6-5-11-4-2-3-7-20(11)15(21)14-12(17)8-10(16)9-13(14)18/h8-9,11,19H,2-7H2,1H3. The fourth-order valence-corrected chi connectivity index (χ4v) is 3.17. The molecule has 21 heavy (non-hydrogen) atoms. The summed E-state index contributed by atoms with van der Waals surface area (Å²) in [5.41, 5.74) is -0.449. The van der Waals surface area contributed by atoms with E-state index in [1.54, 1.807) is 4.90 Å². The highest BCUT2D eigenvalue weighted by Gasteiger charge is 2.30. The van der Waals surface area contributed by atoms with Crippen LogP contribution in [0.1, 0.15) is 36.0 Å². The number of likely N-dealkylation sites (tertiary alicyclic amines) is 1. The molecular formula is C15H19BrF2N2O. The van der Waals surface area contributed by atoms with Gasteiger partial charge < -0.3 is 10.2 Å². The molecule has 116 valence electrons. The van der Waals surface area contributed by atoms with Crippen molar-refractivity contribution in [1.29, 1.82) is 0 Å². The van der Waals surface area contributed by atoms with Crippen molar-refractivity contribution in [3.05, 3.63) is 33.8 Å². The van der Waals surface area contributed by atoms with E-state index in [0.29, 0.717) is 11.0 Å². The summed E-state index contributed by atoms with van der Waals surface area (Å²) in [7, 11) is 1.85. The normalized spacial score (nSPS) is 18.9. The number of hydrogen-bond acceptors (Lipinski definition) is 2. The van der Waals surface area contributed by atoms with Crippen LogP contribution in [0, 0.1) is 11.6 Å². The molecule has 0 radical (unpaired) electrons. The van der Waals surface area contributed by atoms with Gasteiger partial charge in [-0.15, -0.1) is 0 Å². The first-order valence-corrected chi connectivity index (χ1v) is 7.94. The van der Waals surface area contributed by atoms with Crippen molar-refractivity contribution < 1.29 is 13.6 Å².